The van der Waals surface area contributed by atoms with Gasteiger partial charge >= 0.3 is 0 Å². The van der Waals surface area contributed by atoms with Crippen molar-refractivity contribution in [3.63, 3.8) is 0 Å². The van der Waals surface area contributed by atoms with E-state index in [-0.39, 0.29) is 0 Å². The monoisotopic (exact) mass is 409 g/mol. The molecule has 1 aromatic heterocycles. The number of methoxy groups -OCH3 is 1. The topological polar surface area (TPSA) is 70.9 Å². The van der Waals surface area contributed by atoms with E-state index in [4.69, 9.17) is 9.47 Å². The Morgan fingerprint density at radius 1 is 1.06 bits per heavy atom. The van der Waals surface area contributed by atoms with Crippen LogP contribution in [0.3, 0.4) is 0 Å². The molecule has 0 fully saturated rings. The van der Waals surface area contributed by atoms with Crippen molar-refractivity contribution in [2.75, 3.05) is 7.11 Å². The van der Waals surface area contributed by atoms with E-state index in [0.29, 0.717) is 29.5 Å². The molecule has 0 radical (unpaired) electrons. The Kier molecular flexibility index (Phi) is 5.72. The van der Waals surface area contributed by atoms with Crippen LogP contribution < -0.4 is 9.47 Å². The molecular formula is C26H23N3O2. The highest BCUT2D eigenvalue weighted by Crippen LogP contribution is 2.34. The van der Waals surface area contributed by atoms with Crippen LogP contribution in [-0.2, 0) is 6.61 Å². The van der Waals surface area contributed by atoms with Crippen LogP contribution in [0.25, 0.3) is 22.7 Å². The summed E-state index contributed by atoms with van der Waals surface area (Å²) in [6.07, 6.45) is 1.78. The highest BCUT2D eigenvalue weighted by Gasteiger charge is 2.14. The lowest BCUT2D eigenvalue weighted by Gasteiger charge is -2.13. The third kappa shape index (κ3) is 4.29. The van der Waals surface area contributed by atoms with Crippen molar-refractivity contribution >= 4 is 22.7 Å². The van der Waals surface area contributed by atoms with Crippen LogP contribution in [0.1, 0.15) is 28.1 Å². The Labute approximate surface area is 181 Å². The number of hydrogen-bond acceptors (Lipinski definition) is 4. The van der Waals surface area contributed by atoms with E-state index in [2.05, 4.69) is 36.0 Å². The molecule has 0 unspecified atom stereocenters. The summed E-state index contributed by atoms with van der Waals surface area (Å²) in [5.74, 6) is 1.72. The summed E-state index contributed by atoms with van der Waals surface area (Å²) in [7, 11) is 1.60. The minimum atomic E-state index is 0.396. The van der Waals surface area contributed by atoms with Crippen LogP contribution in [-0.4, -0.2) is 17.1 Å². The minimum absolute atomic E-state index is 0.396. The number of para-hydroxylation sites is 1. The highest BCUT2D eigenvalue weighted by molar-refractivity contribution is 5.91. The molecule has 3 aromatic carbocycles. The van der Waals surface area contributed by atoms with Gasteiger partial charge in [0.25, 0.3) is 0 Å². The number of fused-ring (bicyclic) bond motifs is 1. The normalized spacial score (nSPS) is 11.4. The summed E-state index contributed by atoms with van der Waals surface area (Å²) in [6.45, 7) is 4.51. The van der Waals surface area contributed by atoms with Crippen molar-refractivity contribution in [3.05, 3.63) is 88.7 Å². The van der Waals surface area contributed by atoms with Crippen molar-refractivity contribution < 1.29 is 9.47 Å². The van der Waals surface area contributed by atoms with Crippen LogP contribution in [0.15, 0.2) is 60.7 Å². The number of aryl methyl sites for hydroxylation is 2. The summed E-state index contributed by atoms with van der Waals surface area (Å²) in [6, 6.07) is 21.9. The van der Waals surface area contributed by atoms with Gasteiger partial charge in [0.2, 0.25) is 0 Å². The first-order valence-electron chi connectivity index (χ1n) is 10.0. The fourth-order valence-corrected chi connectivity index (χ4v) is 3.40. The van der Waals surface area contributed by atoms with Gasteiger partial charge in [-0.1, -0.05) is 42.5 Å². The maximum absolute atomic E-state index is 9.85. The van der Waals surface area contributed by atoms with Gasteiger partial charge in [0.15, 0.2) is 11.5 Å². The molecule has 0 aliphatic heterocycles. The zero-order chi connectivity index (χ0) is 21.8. The lowest BCUT2D eigenvalue weighted by molar-refractivity contribution is 0.284. The highest BCUT2D eigenvalue weighted by atomic mass is 16.5. The van der Waals surface area contributed by atoms with Crippen molar-refractivity contribution in [3.8, 4) is 17.6 Å². The maximum atomic E-state index is 9.85. The Morgan fingerprint density at radius 3 is 2.58 bits per heavy atom. The molecule has 154 valence electrons. The third-order valence-corrected chi connectivity index (χ3v) is 5.23. The van der Waals surface area contributed by atoms with Crippen LogP contribution in [0, 0.1) is 25.2 Å². The molecule has 0 amide bonds. The smallest absolute Gasteiger partial charge is 0.168 e. The van der Waals surface area contributed by atoms with E-state index in [9.17, 15) is 5.26 Å². The molecule has 4 aromatic rings. The molecule has 4 rings (SSSR count). The maximum Gasteiger partial charge on any atom is 0.168 e. The lowest BCUT2D eigenvalue weighted by atomic mass is 10.1. The second kappa shape index (κ2) is 8.76. The molecule has 31 heavy (non-hydrogen) atoms. The van der Waals surface area contributed by atoms with Gasteiger partial charge < -0.3 is 14.5 Å². The van der Waals surface area contributed by atoms with E-state index in [1.165, 1.54) is 5.56 Å². The lowest BCUT2D eigenvalue weighted by Crippen LogP contribution is -1.99. The molecule has 0 aliphatic carbocycles. The average molecular weight is 409 g/mol. The van der Waals surface area contributed by atoms with Crippen LogP contribution in [0.5, 0.6) is 11.5 Å². The van der Waals surface area contributed by atoms with E-state index in [0.717, 1.165) is 27.7 Å². The molecule has 0 bridgehead atoms. The molecule has 1 N–H and O–H groups in total. The Balaban J connectivity index is 1.73. The van der Waals surface area contributed by atoms with Crippen molar-refractivity contribution in [1.29, 1.82) is 5.26 Å². The molecule has 0 atom stereocenters. The van der Waals surface area contributed by atoms with Gasteiger partial charge in [0.1, 0.15) is 18.5 Å². The molecule has 5 nitrogen and oxygen atoms in total. The number of benzene rings is 3. The third-order valence-electron chi connectivity index (χ3n) is 5.23. The number of hydrogen-bond donors (Lipinski definition) is 1. The van der Waals surface area contributed by atoms with Crippen molar-refractivity contribution in [2.45, 2.75) is 20.5 Å². The first kappa shape index (κ1) is 20.2. The van der Waals surface area contributed by atoms with Gasteiger partial charge in [0, 0.05) is 5.56 Å². The Bertz CT molecular complexity index is 1260. The van der Waals surface area contributed by atoms with Gasteiger partial charge in [-0.15, -0.1) is 0 Å². The SMILES string of the molecule is COc1cccc(/C=C(/C#N)c2nc3cc(C)c(C)cc3[nH]2)c1OCc1ccccc1. The van der Waals surface area contributed by atoms with Gasteiger partial charge in [-0.3, -0.25) is 0 Å². The van der Waals surface area contributed by atoms with Crippen LogP contribution >= 0.6 is 0 Å². The fraction of sp³-hybridized carbons (Fsp3) is 0.154. The zero-order valence-corrected chi connectivity index (χ0v) is 17.8. The number of imidazole rings is 1. The fourth-order valence-electron chi connectivity index (χ4n) is 3.40. The number of allylic oxidation sites excluding steroid dienone is 1. The van der Waals surface area contributed by atoms with E-state index in [1.54, 1.807) is 13.2 Å². The quantitative estimate of drug-likeness (QED) is 0.407. The van der Waals surface area contributed by atoms with E-state index in [1.807, 2.05) is 54.6 Å². The number of rotatable bonds is 6. The number of nitriles is 1. The van der Waals surface area contributed by atoms with E-state index >= 15 is 0 Å². The predicted molar refractivity (Wildman–Crippen MR) is 123 cm³/mol. The number of ether oxygens (including phenoxy) is 2. The molecule has 0 saturated carbocycles. The predicted octanol–water partition coefficient (Wildman–Crippen LogP) is 5.83. The number of nitrogens with one attached hydrogen (secondary N) is 1. The molecule has 5 heteroatoms. The second-order valence-electron chi connectivity index (χ2n) is 7.36. The largest absolute Gasteiger partial charge is 0.493 e. The summed E-state index contributed by atoms with van der Waals surface area (Å²) in [4.78, 5) is 7.90. The first-order chi connectivity index (χ1) is 15.1. The zero-order valence-electron chi connectivity index (χ0n) is 17.8. The average Bonchev–Trinajstić information content (AvgIpc) is 3.19. The van der Waals surface area contributed by atoms with Crippen molar-refractivity contribution in [1.82, 2.24) is 9.97 Å². The number of nitrogens with zero attached hydrogens (tertiary/aromatic N) is 2. The number of H-pyrrole nitrogens is 1. The molecule has 0 spiro atoms. The Hall–Kier alpha value is -4.04. The molecular weight excluding hydrogens is 386 g/mol. The van der Waals surface area contributed by atoms with Gasteiger partial charge in [-0.05, 0) is 54.8 Å². The summed E-state index contributed by atoms with van der Waals surface area (Å²) in [5, 5.41) is 9.85. The first-order valence-corrected chi connectivity index (χ1v) is 10.0. The summed E-state index contributed by atoms with van der Waals surface area (Å²) < 4.78 is 11.6. The minimum Gasteiger partial charge on any atom is -0.493 e. The van der Waals surface area contributed by atoms with Gasteiger partial charge in [0.05, 0.1) is 23.7 Å². The van der Waals surface area contributed by atoms with Gasteiger partial charge in [-0.2, -0.15) is 5.26 Å². The summed E-state index contributed by atoms with van der Waals surface area (Å²) in [5.41, 5.74) is 6.30. The van der Waals surface area contributed by atoms with E-state index < -0.39 is 0 Å². The molecule has 0 aliphatic rings. The number of aromatic amines is 1. The van der Waals surface area contributed by atoms with Gasteiger partial charge in [-0.25, -0.2) is 4.98 Å². The molecule has 1 heterocycles. The van der Waals surface area contributed by atoms with Crippen LogP contribution in [0.4, 0.5) is 0 Å². The van der Waals surface area contributed by atoms with Crippen molar-refractivity contribution in [2.24, 2.45) is 0 Å². The second-order valence-corrected chi connectivity index (χ2v) is 7.36. The van der Waals surface area contributed by atoms with Crippen LogP contribution in [0.2, 0.25) is 0 Å². The Morgan fingerprint density at radius 2 is 1.84 bits per heavy atom. The number of aromatic nitrogens is 2. The standard InChI is InChI=1S/C26H23N3O2/c1-17-12-22-23(13-18(17)2)29-26(28-22)21(15-27)14-20-10-7-11-24(30-3)25(20)31-16-19-8-5-4-6-9-19/h4-14H,16H2,1-3H3,(H,28,29)/b21-14-. The molecule has 0 saturated heterocycles. The summed E-state index contributed by atoms with van der Waals surface area (Å²) >= 11 is 0.